The van der Waals surface area contributed by atoms with Gasteiger partial charge < -0.3 is 14.0 Å². The van der Waals surface area contributed by atoms with Crippen LogP contribution in [0.4, 0.5) is 4.39 Å². The highest BCUT2D eigenvalue weighted by atomic mass is 19.1. The van der Waals surface area contributed by atoms with Gasteiger partial charge in [0.15, 0.2) is 5.82 Å². The molecule has 1 aliphatic heterocycles. The van der Waals surface area contributed by atoms with Crippen molar-refractivity contribution < 1.29 is 13.7 Å². The Labute approximate surface area is 161 Å². The van der Waals surface area contributed by atoms with Gasteiger partial charge in [0.1, 0.15) is 11.6 Å². The van der Waals surface area contributed by atoms with Crippen LogP contribution in [0.15, 0.2) is 28.8 Å². The van der Waals surface area contributed by atoms with Gasteiger partial charge in [-0.3, -0.25) is 4.79 Å². The minimum absolute atomic E-state index is 0.128. The van der Waals surface area contributed by atoms with Gasteiger partial charge >= 0.3 is 0 Å². The van der Waals surface area contributed by atoms with E-state index in [1.165, 1.54) is 12.1 Å². The Morgan fingerprint density at radius 3 is 2.96 bits per heavy atom. The average Bonchev–Trinajstić information content (AvgIpc) is 3.31. The Kier molecular flexibility index (Phi) is 4.18. The van der Waals surface area contributed by atoms with Crippen LogP contribution in [0.2, 0.25) is 0 Å². The van der Waals surface area contributed by atoms with E-state index in [0.29, 0.717) is 31.8 Å². The number of hydrogen-bond acceptors (Lipinski definition) is 5. The predicted octanol–water partition coefficient (Wildman–Crippen LogP) is 2.53. The summed E-state index contributed by atoms with van der Waals surface area (Å²) in [6.07, 6.45) is 4.39. The lowest BCUT2D eigenvalue weighted by atomic mass is 9.96. The third-order valence-electron chi connectivity index (χ3n) is 5.52. The van der Waals surface area contributed by atoms with Crippen molar-refractivity contribution in [2.75, 3.05) is 6.54 Å². The topological polar surface area (TPSA) is 77.0 Å². The maximum absolute atomic E-state index is 13.4. The molecule has 7 nitrogen and oxygen atoms in total. The summed E-state index contributed by atoms with van der Waals surface area (Å²) >= 11 is 0. The van der Waals surface area contributed by atoms with Gasteiger partial charge in [0.05, 0.1) is 12.2 Å². The monoisotopic (exact) mass is 381 g/mol. The van der Waals surface area contributed by atoms with Gasteiger partial charge in [0.25, 0.3) is 5.91 Å². The van der Waals surface area contributed by atoms with Gasteiger partial charge in [-0.15, -0.1) is 10.2 Å². The average molecular weight is 381 g/mol. The fourth-order valence-electron chi connectivity index (χ4n) is 4.05. The van der Waals surface area contributed by atoms with Crippen LogP contribution < -0.4 is 0 Å². The highest BCUT2D eigenvalue weighted by Gasteiger charge is 2.31. The Bertz CT molecular complexity index is 1040. The molecule has 8 heteroatoms. The third kappa shape index (κ3) is 2.98. The van der Waals surface area contributed by atoms with Crippen LogP contribution >= 0.6 is 0 Å². The number of aromatic nitrogens is 4. The lowest BCUT2D eigenvalue weighted by Gasteiger charge is -2.27. The maximum Gasteiger partial charge on any atom is 0.293 e. The fraction of sp³-hybridized carbons (Fsp3) is 0.400. The molecule has 1 amide bonds. The van der Waals surface area contributed by atoms with Crippen LogP contribution in [-0.2, 0) is 32.4 Å². The Morgan fingerprint density at radius 2 is 2.07 bits per heavy atom. The summed E-state index contributed by atoms with van der Waals surface area (Å²) in [6.45, 7) is 1.54. The van der Waals surface area contributed by atoms with Crippen molar-refractivity contribution in [1.82, 2.24) is 24.8 Å². The molecular weight excluding hydrogens is 361 g/mol. The zero-order valence-corrected chi connectivity index (χ0v) is 15.4. The molecule has 5 rings (SSSR count). The van der Waals surface area contributed by atoms with Crippen molar-refractivity contribution >= 4 is 5.91 Å². The normalized spacial score (nSPS) is 16.0. The number of nitrogens with zero attached hydrogens (tertiary/aromatic N) is 5. The molecular formula is C20H20FN5O2. The van der Waals surface area contributed by atoms with Crippen molar-refractivity contribution in [1.29, 1.82) is 0 Å². The molecule has 0 atom stereocenters. The molecule has 3 aromatic rings. The van der Waals surface area contributed by atoms with Gasteiger partial charge in [-0.25, -0.2) is 4.39 Å². The second kappa shape index (κ2) is 6.85. The zero-order chi connectivity index (χ0) is 19.1. The molecule has 0 saturated heterocycles. The van der Waals surface area contributed by atoms with E-state index in [1.54, 1.807) is 11.0 Å². The molecule has 1 aromatic carbocycles. The third-order valence-corrected chi connectivity index (χ3v) is 5.52. The van der Waals surface area contributed by atoms with E-state index in [1.807, 2.05) is 10.6 Å². The van der Waals surface area contributed by atoms with Crippen LogP contribution in [0.5, 0.6) is 0 Å². The van der Waals surface area contributed by atoms with Gasteiger partial charge in [0, 0.05) is 25.1 Å². The van der Waals surface area contributed by atoms with Crippen molar-refractivity contribution in [3.05, 3.63) is 64.3 Å². The number of hydrogen-bond donors (Lipinski definition) is 0. The molecule has 28 heavy (non-hydrogen) atoms. The van der Waals surface area contributed by atoms with Crippen LogP contribution in [0.25, 0.3) is 0 Å². The quantitative estimate of drug-likeness (QED) is 0.697. The molecule has 3 heterocycles. The summed E-state index contributed by atoms with van der Waals surface area (Å²) in [5.41, 5.74) is 2.74. The number of carbonyl (C=O) groups excluding carboxylic acids is 1. The van der Waals surface area contributed by atoms with E-state index < -0.39 is 0 Å². The lowest BCUT2D eigenvalue weighted by molar-refractivity contribution is 0.0662. The summed E-state index contributed by atoms with van der Waals surface area (Å²) in [6, 6.07) is 6.49. The van der Waals surface area contributed by atoms with Gasteiger partial charge in [-0.05, 0) is 43.4 Å². The van der Waals surface area contributed by atoms with Crippen molar-refractivity contribution in [3.8, 4) is 0 Å². The van der Waals surface area contributed by atoms with E-state index >= 15 is 0 Å². The molecule has 0 unspecified atom stereocenters. The summed E-state index contributed by atoms with van der Waals surface area (Å²) < 4.78 is 20.8. The predicted molar refractivity (Wildman–Crippen MR) is 97.1 cm³/mol. The molecule has 0 bridgehead atoms. The first-order valence-corrected chi connectivity index (χ1v) is 9.61. The summed E-state index contributed by atoms with van der Waals surface area (Å²) in [5.74, 6) is 1.51. The largest absolute Gasteiger partial charge is 0.350 e. The minimum atomic E-state index is -0.261. The standard InChI is InChI=1S/C20H20FN5O2/c21-14-5-3-4-13(10-14)11-17-22-23-18-12-25(8-9-26(17)18)20(27)19-15-6-1-2-7-16(15)24-28-19/h3-5,10H,1-2,6-9,11-12H2. The van der Waals surface area contributed by atoms with E-state index in [-0.39, 0.29) is 11.7 Å². The number of carbonyl (C=O) groups is 1. The van der Waals surface area contributed by atoms with Crippen LogP contribution in [0.3, 0.4) is 0 Å². The van der Waals surface area contributed by atoms with Crippen LogP contribution in [0, 0.1) is 5.82 Å². The number of amides is 1. The Balaban J connectivity index is 1.34. The molecule has 0 radical (unpaired) electrons. The number of fused-ring (bicyclic) bond motifs is 2. The Morgan fingerprint density at radius 1 is 1.18 bits per heavy atom. The minimum Gasteiger partial charge on any atom is -0.350 e. The number of rotatable bonds is 3. The summed E-state index contributed by atoms with van der Waals surface area (Å²) in [5, 5.41) is 12.6. The SMILES string of the molecule is O=C(c1onc2c1CCCC2)N1CCn2c(Cc3cccc(F)c3)nnc2C1. The second-order valence-corrected chi connectivity index (χ2v) is 7.36. The van der Waals surface area contributed by atoms with Gasteiger partial charge in [0.2, 0.25) is 5.76 Å². The van der Waals surface area contributed by atoms with Crippen molar-refractivity contribution in [2.45, 2.75) is 45.2 Å². The van der Waals surface area contributed by atoms with Gasteiger partial charge in [-0.1, -0.05) is 17.3 Å². The van der Waals surface area contributed by atoms with Crippen molar-refractivity contribution in [2.24, 2.45) is 0 Å². The second-order valence-electron chi connectivity index (χ2n) is 7.36. The molecule has 1 aliphatic carbocycles. The first kappa shape index (κ1) is 17.1. The number of halogens is 1. The first-order chi connectivity index (χ1) is 13.7. The first-order valence-electron chi connectivity index (χ1n) is 9.61. The number of benzene rings is 1. The molecule has 144 valence electrons. The molecule has 0 spiro atoms. The lowest BCUT2D eigenvalue weighted by Crippen LogP contribution is -2.39. The number of aryl methyl sites for hydroxylation is 1. The van der Waals surface area contributed by atoms with E-state index in [4.69, 9.17) is 4.52 Å². The van der Waals surface area contributed by atoms with E-state index in [9.17, 15) is 9.18 Å². The van der Waals surface area contributed by atoms with Crippen LogP contribution in [0.1, 0.15) is 51.9 Å². The zero-order valence-electron chi connectivity index (χ0n) is 15.4. The Hall–Kier alpha value is -3.03. The van der Waals surface area contributed by atoms with Crippen molar-refractivity contribution in [3.63, 3.8) is 0 Å². The smallest absolute Gasteiger partial charge is 0.293 e. The van der Waals surface area contributed by atoms with Gasteiger partial charge in [-0.2, -0.15) is 0 Å². The molecule has 0 N–H and O–H groups in total. The maximum atomic E-state index is 13.4. The highest BCUT2D eigenvalue weighted by molar-refractivity contribution is 5.93. The summed E-state index contributed by atoms with van der Waals surface area (Å²) in [7, 11) is 0. The summed E-state index contributed by atoms with van der Waals surface area (Å²) in [4.78, 5) is 14.7. The van der Waals surface area contributed by atoms with E-state index in [0.717, 1.165) is 54.2 Å². The molecule has 2 aliphatic rings. The highest BCUT2D eigenvalue weighted by Crippen LogP contribution is 2.26. The van der Waals surface area contributed by atoms with Crippen LogP contribution in [-0.4, -0.2) is 37.3 Å². The fourth-order valence-corrected chi connectivity index (χ4v) is 4.05. The molecule has 0 fully saturated rings. The van der Waals surface area contributed by atoms with E-state index in [2.05, 4.69) is 15.4 Å². The molecule has 0 saturated carbocycles. The molecule has 2 aromatic heterocycles.